The van der Waals surface area contributed by atoms with Gasteiger partial charge < -0.3 is 19.5 Å². The minimum Gasteiger partial charge on any atom is -0.497 e. The quantitative estimate of drug-likeness (QED) is 0.918. The Labute approximate surface area is 119 Å². The number of carbonyl (C=O) groups excluding carboxylic acids is 1. The molecule has 0 spiro atoms. The zero-order valence-electron chi connectivity index (χ0n) is 12.3. The average Bonchev–Trinajstić information content (AvgIpc) is 2.42. The number of nitrogens with one attached hydrogen (secondary N) is 1. The van der Waals surface area contributed by atoms with E-state index < -0.39 is 6.41 Å². The highest BCUT2D eigenvalue weighted by atomic mass is 16.7. The molecular formula is C15H21NO4. The molecule has 0 unspecified atom stereocenters. The van der Waals surface area contributed by atoms with E-state index in [-0.39, 0.29) is 24.0 Å². The minimum atomic E-state index is -0.703. The topological polar surface area (TPSA) is 56.8 Å². The van der Waals surface area contributed by atoms with Gasteiger partial charge in [-0.15, -0.1) is 0 Å². The van der Waals surface area contributed by atoms with E-state index in [0.29, 0.717) is 0 Å². The molecule has 5 nitrogen and oxygen atoms in total. The van der Waals surface area contributed by atoms with Crippen LogP contribution in [0.25, 0.3) is 0 Å². The van der Waals surface area contributed by atoms with Crippen molar-refractivity contribution in [3.8, 4) is 5.75 Å². The number of amides is 1. The van der Waals surface area contributed by atoms with E-state index >= 15 is 0 Å². The number of hydrogen-bond acceptors (Lipinski definition) is 4. The standard InChI is InChI=1S/C15H21NO4/c1-9(2)19-15-16-14(17)10(3)13(20-15)11-5-7-12(18-4)8-6-11/h5-10,13,15H,1-4H3,(H,16,17)/t10-,13-,15+/m0/s1. The highest BCUT2D eigenvalue weighted by Crippen LogP contribution is 2.31. The Kier molecular flexibility index (Phi) is 4.62. The fourth-order valence-corrected chi connectivity index (χ4v) is 2.14. The van der Waals surface area contributed by atoms with Crippen LogP contribution in [0.4, 0.5) is 0 Å². The molecule has 5 heteroatoms. The van der Waals surface area contributed by atoms with Gasteiger partial charge in [0.05, 0.1) is 25.2 Å². The fraction of sp³-hybridized carbons (Fsp3) is 0.533. The summed E-state index contributed by atoms with van der Waals surface area (Å²) in [4.78, 5) is 12.0. The Bertz CT molecular complexity index is 457. The summed E-state index contributed by atoms with van der Waals surface area (Å²) in [5, 5.41) is 2.71. The van der Waals surface area contributed by atoms with Crippen LogP contribution in [-0.4, -0.2) is 25.5 Å². The van der Waals surface area contributed by atoms with Crippen LogP contribution in [0.3, 0.4) is 0 Å². The number of ether oxygens (including phenoxy) is 3. The summed E-state index contributed by atoms with van der Waals surface area (Å²) >= 11 is 0. The third-order valence-electron chi connectivity index (χ3n) is 3.24. The van der Waals surface area contributed by atoms with Gasteiger partial charge >= 0.3 is 0 Å². The summed E-state index contributed by atoms with van der Waals surface area (Å²) in [6, 6.07) is 7.53. The van der Waals surface area contributed by atoms with E-state index in [1.54, 1.807) is 7.11 Å². The van der Waals surface area contributed by atoms with Gasteiger partial charge in [0, 0.05) is 0 Å². The third kappa shape index (κ3) is 3.29. The van der Waals surface area contributed by atoms with E-state index in [2.05, 4.69) is 5.32 Å². The van der Waals surface area contributed by atoms with E-state index in [0.717, 1.165) is 11.3 Å². The number of rotatable bonds is 4. The lowest BCUT2D eigenvalue weighted by Gasteiger charge is -2.35. The van der Waals surface area contributed by atoms with Crippen molar-refractivity contribution in [3.05, 3.63) is 29.8 Å². The second kappa shape index (κ2) is 6.24. The molecule has 0 bridgehead atoms. The molecular weight excluding hydrogens is 258 g/mol. The molecule has 0 radical (unpaired) electrons. The lowest BCUT2D eigenvalue weighted by Crippen LogP contribution is -2.50. The van der Waals surface area contributed by atoms with Crippen molar-refractivity contribution in [2.75, 3.05) is 7.11 Å². The van der Waals surface area contributed by atoms with Crippen LogP contribution in [0, 0.1) is 5.92 Å². The fourth-order valence-electron chi connectivity index (χ4n) is 2.14. The molecule has 1 N–H and O–H groups in total. The first-order chi connectivity index (χ1) is 9.51. The Morgan fingerprint density at radius 3 is 2.45 bits per heavy atom. The zero-order chi connectivity index (χ0) is 14.7. The van der Waals surface area contributed by atoms with Crippen molar-refractivity contribution < 1.29 is 19.0 Å². The maximum atomic E-state index is 12.0. The van der Waals surface area contributed by atoms with Crippen LogP contribution in [0.15, 0.2) is 24.3 Å². The van der Waals surface area contributed by atoms with Gasteiger partial charge in [0.2, 0.25) is 12.3 Å². The summed E-state index contributed by atoms with van der Waals surface area (Å²) in [6.07, 6.45) is -1.05. The van der Waals surface area contributed by atoms with Gasteiger partial charge in [-0.2, -0.15) is 0 Å². The molecule has 1 aromatic rings. The Morgan fingerprint density at radius 2 is 1.90 bits per heavy atom. The second-order valence-corrected chi connectivity index (χ2v) is 5.14. The van der Waals surface area contributed by atoms with Gasteiger partial charge in [0.25, 0.3) is 0 Å². The SMILES string of the molecule is COc1ccc([C@H]2O[C@@H](OC(C)C)NC(=O)[C@H]2C)cc1. The maximum Gasteiger partial charge on any atom is 0.240 e. The normalized spacial score (nSPS) is 26.4. The average molecular weight is 279 g/mol. The summed E-state index contributed by atoms with van der Waals surface area (Å²) < 4.78 is 16.5. The van der Waals surface area contributed by atoms with Crippen LogP contribution in [0.5, 0.6) is 5.75 Å². The van der Waals surface area contributed by atoms with Crippen molar-refractivity contribution in [3.63, 3.8) is 0 Å². The summed E-state index contributed by atoms with van der Waals surface area (Å²) in [6.45, 7) is 5.64. The highest BCUT2D eigenvalue weighted by molar-refractivity contribution is 5.79. The van der Waals surface area contributed by atoms with Crippen LogP contribution >= 0.6 is 0 Å². The highest BCUT2D eigenvalue weighted by Gasteiger charge is 2.36. The van der Waals surface area contributed by atoms with Gasteiger partial charge in [0.1, 0.15) is 5.75 Å². The molecule has 110 valence electrons. The number of methoxy groups -OCH3 is 1. The molecule has 3 atom stereocenters. The first-order valence-corrected chi connectivity index (χ1v) is 6.76. The zero-order valence-corrected chi connectivity index (χ0v) is 12.3. The van der Waals surface area contributed by atoms with Gasteiger partial charge in [-0.1, -0.05) is 19.1 Å². The first kappa shape index (κ1) is 14.8. The summed E-state index contributed by atoms with van der Waals surface area (Å²) in [5.41, 5.74) is 0.936. The maximum absolute atomic E-state index is 12.0. The molecule has 1 aromatic carbocycles. The molecule has 2 rings (SSSR count). The molecule has 20 heavy (non-hydrogen) atoms. The van der Waals surface area contributed by atoms with Gasteiger partial charge in [-0.3, -0.25) is 4.79 Å². The molecule has 1 saturated heterocycles. The number of carbonyl (C=O) groups is 1. The molecule has 1 fully saturated rings. The van der Waals surface area contributed by atoms with Gasteiger partial charge in [-0.05, 0) is 31.5 Å². The molecule has 0 aromatic heterocycles. The summed E-state index contributed by atoms with van der Waals surface area (Å²) in [5.74, 6) is 0.440. The lowest BCUT2D eigenvalue weighted by atomic mass is 9.95. The van der Waals surface area contributed by atoms with E-state index in [9.17, 15) is 4.79 Å². The smallest absolute Gasteiger partial charge is 0.240 e. The van der Waals surface area contributed by atoms with Crippen molar-refractivity contribution in [1.29, 1.82) is 0 Å². The number of hydrogen-bond donors (Lipinski definition) is 1. The first-order valence-electron chi connectivity index (χ1n) is 6.76. The van der Waals surface area contributed by atoms with Crippen molar-refractivity contribution in [2.45, 2.75) is 39.4 Å². The minimum absolute atomic E-state index is 0.0229. The predicted octanol–water partition coefficient (Wildman–Crippen LogP) is 2.23. The largest absolute Gasteiger partial charge is 0.497 e. The van der Waals surface area contributed by atoms with Crippen molar-refractivity contribution >= 4 is 5.91 Å². The van der Waals surface area contributed by atoms with Crippen LogP contribution in [0.2, 0.25) is 0 Å². The monoisotopic (exact) mass is 279 g/mol. The lowest BCUT2D eigenvalue weighted by molar-refractivity contribution is -0.232. The predicted molar refractivity (Wildman–Crippen MR) is 74.1 cm³/mol. The molecule has 1 aliphatic heterocycles. The molecule has 0 aliphatic carbocycles. The second-order valence-electron chi connectivity index (χ2n) is 5.14. The van der Waals surface area contributed by atoms with E-state index in [1.807, 2.05) is 45.0 Å². The Morgan fingerprint density at radius 1 is 1.25 bits per heavy atom. The summed E-state index contributed by atoms with van der Waals surface area (Å²) in [7, 11) is 1.62. The van der Waals surface area contributed by atoms with Gasteiger partial charge in [-0.25, -0.2) is 0 Å². The van der Waals surface area contributed by atoms with E-state index in [4.69, 9.17) is 14.2 Å². The van der Waals surface area contributed by atoms with Crippen molar-refractivity contribution in [1.82, 2.24) is 5.32 Å². The van der Waals surface area contributed by atoms with E-state index in [1.165, 1.54) is 0 Å². The number of benzene rings is 1. The van der Waals surface area contributed by atoms with Crippen LogP contribution < -0.4 is 10.1 Å². The van der Waals surface area contributed by atoms with Crippen molar-refractivity contribution in [2.24, 2.45) is 5.92 Å². The Balaban J connectivity index is 2.16. The molecule has 1 amide bonds. The Hall–Kier alpha value is -1.59. The van der Waals surface area contributed by atoms with Crippen LogP contribution in [0.1, 0.15) is 32.4 Å². The molecule has 1 aliphatic rings. The third-order valence-corrected chi connectivity index (χ3v) is 3.24. The molecule has 1 heterocycles. The van der Waals surface area contributed by atoms with Crippen LogP contribution in [-0.2, 0) is 14.3 Å². The molecule has 0 saturated carbocycles. The van der Waals surface area contributed by atoms with Gasteiger partial charge in [0.15, 0.2) is 0 Å².